The number of para-hydroxylation sites is 1. The summed E-state index contributed by atoms with van der Waals surface area (Å²) >= 11 is 11.9. The molecular weight excluding hydrogens is 373 g/mol. The summed E-state index contributed by atoms with van der Waals surface area (Å²) in [6.07, 6.45) is 0. The van der Waals surface area contributed by atoms with Crippen LogP contribution in [0.4, 0.5) is 0 Å². The van der Waals surface area contributed by atoms with Crippen LogP contribution in [0.25, 0.3) is 10.9 Å². The van der Waals surface area contributed by atoms with Gasteiger partial charge in [-0.15, -0.1) is 0 Å². The van der Waals surface area contributed by atoms with E-state index >= 15 is 0 Å². The highest BCUT2D eigenvalue weighted by atomic mass is 35.5. The lowest BCUT2D eigenvalue weighted by atomic mass is 10.1. The van der Waals surface area contributed by atoms with E-state index in [9.17, 15) is 9.59 Å². The predicted octanol–water partition coefficient (Wildman–Crippen LogP) is 3.89. The average molecular weight is 390 g/mol. The molecule has 0 aliphatic carbocycles. The number of carbonyl (C=O) groups is 1. The molecule has 0 bridgehead atoms. The van der Waals surface area contributed by atoms with Gasteiger partial charge in [-0.05, 0) is 43.7 Å². The van der Waals surface area contributed by atoms with Crippen molar-refractivity contribution in [2.75, 3.05) is 0 Å². The number of benzene rings is 2. The van der Waals surface area contributed by atoms with Crippen molar-refractivity contribution in [2.45, 2.75) is 26.4 Å². The summed E-state index contributed by atoms with van der Waals surface area (Å²) in [7, 11) is 0. The maximum atomic E-state index is 12.6. The average Bonchev–Trinajstić information content (AvgIpc) is 2.61. The Balaban J connectivity index is 1.81. The number of rotatable bonds is 4. The van der Waals surface area contributed by atoms with Gasteiger partial charge in [-0.25, -0.2) is 4.98 Å². The summed E-state index contributed by atoms with van der Waals surface area (Å²) in [6.45, 7) is 3.45. The highest BCUT2D eigenvalue weighted by Crippen LogP contribution is 2.25. The Morgan fingerprint density at radius 2 is 1.92 bits per heavy atom. The molecule has 0 radical (unpaired) electrons. The van der Waals surface area contributed by atoms with Gasteiger partial charge in [0.05, 0.1) is 27.0 Å². The zero-order valence-corrected chi connectivity index (χ0v) is 15.8. The smallest absolute Gasteiger partial charge is 0.261 e. The van der Waals surface area contributed by atoms with Gasteiger partial charge in [-0.3, -0.25) is 14.2 Å². The molecule has 0 aliphatic heterocycles. The summed E-state index contributed by atoms with van der Waals surface area (Å²) in [6, 6.07) is 12.0. The van der Waals surface area contributed by atoms with Gasteiger partial charge in [0.2, 0.25) is 5.91 Å². The van der Waals surface area contributed by atoms with Crippen molar-refractivity contribution >= 4 is 40.0 Å². The van der Waals surface area contributed by atoms with Gasteiger partial charge in [-0.2, -0.15) is 0 Å². The molecule has 1 atom stereocenters. The second-order valence-corrected chi connectivity index (χ2v) is 6.84. The molecular formula is C19H17Cl2N3O2. The number of hydrogen-bond acceptors (Lipinski definition) is 3. The van der Waals surface area contributed by atoms with Crippen molar-refractivity contribution in [1.29, 1.82) is 0 Å². The number of hydrogen-bond donors (Lipinski definition) is 1. The maximum Gasteiger partial charge on any atom is 0.261 e. The summed E-state index contributed by atoms with van der Waals surface area (Å²) in [5.41, 5.74) is 1.22. The third-order valence-electron chi connectivity index (χ3n) is 4.18. The fourth-order valence-corrected chi connectivity index (χ4v) is 3.07. The predicted molar refractivity (Wildman–Crippen MR) is 104 cm³/mol. The molecule has 0 saturated heterocycles. The molecule has 0 spiro atoms. The Bertz CT molecular complexity index is 1050. The molecule has 1 N–H and O–H groups in total. The van der Waals surface area contributed by atoms with Crippen molar-refractivity contribution in [2.24, 2.45) is 0 Å². The first-order chi connectivity index (χ1) is 12.4. The molecule has 0 unspecified atom stereocenters. The molecule has 0 aliphatic rings. The van der Waals surface area contributed by atoms with Crippen LogP contribution >= 0.6 is 23.2 Å². The Morgan fingerprint density at radius 1 is 1.19 bits per heavy atom. The van der Waals surface area contributed by atoms with Crippen molar-refractivity contribution < 1.29 is 4.79 Å². The minimum absolute atomic E-state index is 0.103. The number of nitrogens with zero attached hydrogens (tertiary/aromatic N) is 2. The molecule has 0 fully saturated rings. The summed E-state index contributed by atoms with van der Waals surface area (Å²) in [4.78, 5) is 29.5. The zero-order chi connectivity index (χ0) is 18.8. The van der Waals surface area contributed by atoms with Gasteiger partial charge in [0.15, 0.2) is 0 Å². The fourth-order valence-electron chi connectivity index (χ4n) is 2.76. The van der Waals surface area contributed by atoms with Gasteiger partial charge in [-0.1, -0.05) is 41.4 Å². The molecule has 134 valence electrons. The van der Waals surface area contributed by atoms with Crippen molar-refractivity contribution in [1.82, 2.24) is 14.9 Å². The van der Waals surface area contributed by atoms with E-state index in [1.807, 2.05) is 13.0 Å². The van der Waals surface area contributed by atoms with Crippen LogP contribution in [0, 0.1) is 6.92 Å². The number of carbonyl (C=O) groups excluding carboxylic acids is 1. The lowest BCUT2D eigenvalue weighted by Gasteiger charge is -2.16. The van der Waals surface area contributed by atoms with Crippen LogP contribution in [0.3, 0.4) is 0 Å². The molecule has 0 saturated carbocycles. The Hall–Kier alpha value is -2.37. The third-order valence-corrected chi connectivity index (χ3v) is 4.91. The second kappa shape index (κ2) is 7.48. The van der Waals surface area contributed by atoms with Crippen LogP contribution in [0.15, 0.2) is 47.3 Å². The van der Waals surface area contributed by atoms with Crippen LogP contribution in [0.1, 0.15) is 24.4 Å². The van der Waals surface area contributed by atoms with Gasteiger partial charge in [0.25, 0.3) is 5.56 Å². The molecule has 1 amide bonds. The van der Waals surface area contributed by atoms with E-state index < -0.39 is 0 Å². The van der Waals surface area contributed by atoms with Crippen LogP contribution in [-0.4, -0.2) is 15.5 Å². The number of aryl methyl sites for hydroxylation is 1. The second-order valence-electron chi connectivity index (χ2n) is 6.03. The van der Waals surface area contributed by atoms with E-state index in [1.165, 1.54) is 4.57 Å². The maximum absolute atomic E-state index is 12.6. The van der Waals surface area contributed by atoms with E-state index in [-0.39, 0.29) is 24.1 Å². The van der Waals surface area contributed by atoms with Crippen LogP contribution in [0.5, 0.6) is 0 Å². The van der Waals surface area contributed by atoms with E-state index in [4.69, 9.17) is 23.2 Å². The number of nitrogens with one attached hydrogen (secondary N) is 1. The minimum Gasteiger partial charge on any atom is -0.348 e. The van der Waals surface area contributed by atoms with Gasteiger partial charge < -0.3 is 5.32 Å². The largest absolute Gasteiger partial charge is 0.348 e. The standard InChI is InChI=1S/C19H17Cl2N3O2/c1-11(13-7-8-15(20)16(21)9-13)22-18(25)10-24-12(2)23-17-6-4-3-5-14(17)19(24)26/h3-9,11H,10H2,1-2H3,(H,22,25)/t11-/m1/s1. The molecule has 3 rings (SSSR count). The van der Waals surface area contributed by atoms with Gasteiger partial charge >= 0.3 is 0 Å². The summed E-state index contributed by atoms with van der Waals surface area (Å²) in [5.74, 6) is 0.205. The Morgan fingerprint density at radius 3 is 2.65 bits per heavy atom. The first kappa shape index (κ1) is 18.4. The monoisotopic (exact) mass is 389 g/mol. The third kappa shape index (κ3) is 3.74. The topological polar surface area (TPSA) is 64.0 Å². The molecule has 1 aromatic heterocycles. The summed E-state index contributed by atoms with van der Waals surface area (Å²) in [5, 5.41) is 4.24. The summed E-state index contributed by atoms with van der Waals surface area (Å²) < 4.78 is 1.37. The number of amides is 1. The SMILES string of the molecule is Cc1nc2ccccc2c(=O)n1CC(=O)N[C@H](C)c1ccc(Cl)c(Cl)c1. The van der Waals surface area contributed by atoms with E-state index in [0.717, 1.165) is 5.56 Å². The molecule has 2 aromatic carbocycles. The van der Waals surface area contributed by atoms with Crippen molar-refractivity contribution in [3.63, 3.8) is 0 Å². The molecule has 7 heteroatoms. The molecule has 3 aromatic rings. The highest BCUT2D eigenvalue weighted by molar-refractivity contribution is 6.42. The lowest BCUT2D eigenvalue weighted by molar-refractivity contribution is -0.122. The Labute approximate surface area is 160 Å². The first-order valence-electron chi connectivity index (χ1n) is 8.07. The highest BCUT2D eigenvalue weighted by Gasteiger charge is 2.14. The van der Waals surface area contributed by atoms with Crippen molar-refractivity contribution in [3.8, 4) is 0 Å². The number of halogens is 2. The zero-order valence-electron chi connectivity index (χ0n) is 14.3. The van der Waals surface area contributed by atoms with Crippen molar-refractivity contribution in [3.05, 3.63) is 74.3 Å². The quantitative estimate of drug-likeness (QED) is 0.735. The van der Waals surface area contributed by atoms with Gasteiger partial charge in [0.1, 0.15) is 12.4 Å². The van der Waals surface area contributed by atoms with Crippen LogP contribution < -0.4 is 10.9 Å². The molecule has 26 heavy (non-hydrogen) atoms. The first-order valence-corrected chi connectivity index (χ1v) is 8.83. The number of aromatic nitrogens is 2. The molecule has 1 heterocycles. The molecule has 5 nitrogen and oxygen atoms in total. The van der Waals surface area contributed by atoms with Crippen LogP contribution in [-0.2, 0) is 11.3 Å². The van der Waals surface area contributed by atoms with Gasteiger partial charge in [0, 0.05) is 0 Å². The van der Waals surface area contributed by atoms with E-state index in [1.54, 1.807) is 43.3 Å². The Kier molecular flexibility index (Phi) is 5.30. The van der Waals surface area contributed by atoms with E-state index in [0.29, 0.717) is 26.8 Å². The minimum atomic E-state index is -0.286. The normalized spacial score (nSPS) is 12.2. The van der Waals surface area contributed by atoms with Crippen LogP contribution in [0.2, 0.25) is 10.0 Å². The lowest BCUT2D eigenvalue weighted by Crippen LogP contribution is -2.35. The fraction of sp³-hybridized carbons (Fsp3) is 0.211. The van der Waals surface area contributed by atoms with E-state index in [2.05, 4.69) is 10.3 Å². The number of fused-ring (bicyclic) bond motifs is 1.